The van der Waals surface area contributed by atoms with Crippen LogP contribution >= 0.6 is 0 Å². The summed E-state index contributed by atoms with van der Waals surface area (Å²) in [5, 5.41) is 10.7. The van der Waals surface area contributed by atoms with Crippen molar-refractivity contribution < 1.29 is 23.1 Å². The second-order valence-electron chi connectivity index (χ2n) is 11.4. The number of alkyl halides is 3. The Bertz CT molecular complexity index is 771. The molecule has 0 aromatic rings. The summed E-state index contributed by atoms with van der Waals surface area (Å²) in [6.07, 6.45) is 4.51. The predicted octanol–water partition coefficient (Wildman–Crippen LogP) is 6.50. The number of halogens is 3. The number of carbonyl (C=O) groups excluding carboxylic acids is 1. The maximum Gasteiger partial charge on any atom is 0.397 e. The molecular formula is C26H37F3O2. The third-order valence-corrected chi connectivity index (χ3v) is 10.2. The van der Waals surface area contributed by atoms with Crippen molar-refractivity contribution in [2.75, 3.05) is 0 Å². The number of aliphatic hydroxyl groups is 1. The lowest BCUT2D eigenvalue weighted by Crippen LogP contribution is -2.52. The Morgan fingerprint density at radius 3 is 2.48 bits per heavy atom. The fourth-order valence-corrected chi connectivity index (χ4v) is 8.50. The third kappa shape index (κ3) is 3.54. The smallest absolute Gasteiger partial charge is 0.392 e. The van der Waals surface area contributed by atoms with Crippen LogP contribution in [0.5, 0.6) is 0 Å². The van der Waals surface area contributed by atoms with Crippen molar-refractivity contribution in [1.29, 1.82) is 0 Å². The third-order valence-electron chi connectivity index (χ3n) is 10.2. The lowest BCUT2D eigenvalue weighted by molar-refractivity contribution is -0.195. The highest BCUT2D eigenvalue weighted by Crippen LogP contribution is 2.67. The molecule has 4 aliphatic rings. The maximum atomic E-state index is 13.4. The molecule has 9 atom stereocenters. The van der Waals surface area contributed by atoms with Crippen molar-refractivity contribution in [3.05, 3.63) is 24.3 Å². The maximum absolute atomic E-state index is 13.4. The van der Waals surface area contributed by atoms with Crippen LogP contribution in [0.15, 0.2) is 24.3 Å². The topological polar surface area (TPSA) is 37.3 Å². The molecule has 2 nitrogen and oxygen atoms in total. The molecule has 0 radical (unpaired) electrons. The lowest BCUT2D eigenvalue weighted by atomic mass is 9.46. The summed E-state index contributed by atoms with van der Waals surface area (Å²) in [6.45, 7) is 9.79. The zero-order valence-electron chi connectivity index (χ0n) is 19.0. The highest BCUT2D eigenvalue weighted by atomic mass is 19.4. The van der Waals surface area contributed by atoms with Gasteiger partial charge in [0.25, 0.3) is 0 Å². The first-order chi connectivity index (χ1) is 14.4. The molecule has 0 bridgehead atoms. The van der Waals surface area contributed by atoms with Gasteiger partial charge < -0.3 is 5.11 Å². The number of hydrogen-bond acceptors (Lipinski definition) is 2. The molecule has 0 spiro atoms. The van der Waals surface area contributed by atoms with Crippen molar-refractivity contribution >= 4 is 5.78 Å². The normalized spacial score (nSPS) is 43.2. The fourth-order valence-electron chi connectivity index (χ4n) is 8.50. The first-order valence-corrected chi connectivity index (χ1v) is 12.0. The summed E-state index contributed by atoms with van der Waals surface area (Å²) in [5.74, 6) is -0.307. The van der Waals surface area contributed by atoms with E-state index in [9.17, 15) is 23.1 Å². The molecule has 0 heterocycles. The van der Waals surface area contributed by atoms with E-state index in [0.29, 0.717) is 24.2 Å². The Morgan fingerprint density at radius 2 is 1.84 bits per heavy atom. The van der Waals surface area contributed by atoms with Crippen LogP contribution in [0.3, 0.4) is 0 Å². The lowest BCUT2D eigenvalue weighted by Gasteiger charge is -2.58. The summed E-state index contributed by atoms with van der Waals surface area (Å²) >= 11 is 0. The second-order valence-corrected chi connectivity index (χ2v) is 11.4. The van der Waals surface area contributed by atoms with Gasteiger partial charge >= 0.3 is 6.18 Å². The molecule has 4 aliphatic carbocycles. The molecule has 0 aliphatic heterocycles. The summed E-state index contributed by atoms with van der Waals surface area (Å²) < 4.78 is 40.3. The van der Waals surface area contributed by atoms with Crippen LogP contribution in [0.4, 0.5) is 13.2 Å². The van der Waals surface area contributed by atoms with Crippen molar-refractivity contribution in [3.8, 4) is 0 Å². The minimum absolute atomic E-state index is 0.0268. The number of ketones is 1. The Morgan fingerprint density at radius 1 is 1.13 bits per heavy atom. The van der Waals surface area contributed by atoms with Crippen molar-refractivity contribution in [1.82, 2.24) is 0 Å². The molecule has 31 heavy (non-hydrogen) atoms. The van der Waals surface area contributed by atoms with E-state index < -0.39 is 24.1 Å². The highest BCUT2D eigenvalue weighted by Gasteiger charge is 2.60. The van der Waals surface area contributed by atoms with E-state index in [2.05, 4.69) is 20.4 Å². The van der Waals surface area contributed by atoms with E-state index in [-0.39, 0.29) is 22.5 Å². The van der Waals surface area contributed by atoms with Crippen LogP contribution in [0, 0.1) is 46.3 Å². The molecule has 0 aromatic carbocycles. The number of fused-ring (bicyclic) bond motifs is 5. The molecule has 174 valence electrons. The van der Waals surface area contributed by atoms with E-state index in [0.717, 1.165) is 51.0 Å². The van der Waals surface area contributed by atoms with E-state index >= 15 is 0 Å². The predicted molar refractivity (Wildman–Crippen MR) is 115 cm³/mol. The molecule has 5 heteroatoms. The van der Waals surface area contributed by atoms with Crippen LogP contribution in [0.25, 0.3) is 0 Å². The summed E-state index contributed by atoms with van der Waals surface area (Å²) in [5.41, 5.74) is 1.41. The average molecular weight is 439 g/mol. The van der Waals surface area contributed by atoms with Gasteiger partial charge in [0.2, 0.25) is 0 Å². The minimum Gasteiger partial charge on any atom is -0.392 e. The Kier molecular flexibility index (Phi) is 5.76. The van der Waals surface area contributed by atoms with Gasteiger partial charge in [-0.25, -0.2) is 0 Å². The van der Waals surface area contributed by atoms with Gasteiger partial charge in [-0.15, -0.1) is 6.58 Å². The number of rotatable bonds is 4. The molecular weight excluding hydrogens is 401 g/mol. The van der Waals surface area contributed by atoms with Crippen LogP contribution < -0.4 is 0 Å². The summed E-state index contributed by atoms with van der Waals surface area (Å²) in [7, 11) is 0. The first-order valence-electron chi connectivity index (χ1n) is 12.0. The van der Waals surface area contributed by atoms with Crippen molar-refractivity contribution in [3.63, 3.8) is 0 Å². The SMILES string of the molecule is C=C[C@@H]([C@H](O)[C@@H](C)[C@H]1CC[C@H]2[C@@H]3CCC4=CC(=O)CC[C@]4(C)[C@H]3CC[C@]12C)C(F)(F)F. The quantitative estimate of drug-likeness (QED) is 0.509. The van der Waals surface area contributed by atoms with Crippen LogP contribution in [0.1, 0.15) is 72.1 Å². The first kappa shape index (κ1) is 23.1. The number of allylic oxidation sites excluding steroid dienone is 1. The van der Waals surface area contributed by atoms with E-state index in [1.54, 1.807) is 0 Å². The van der Waals surface area contributed by atoms with E-state index in [1.165, 1.54) is 5.57 Å². The van der Waals surface area contributed by atoms with Crippen molar-refractivity contribution in [2.24, 2.45) is 46.3 Å². The van der Waals surface area contributed by atoms with Gasteiger partial charge in [0.1, 0.15) is 0 Å². The molecule has 3 saturated carbocycles. The average Bonchev–Trinajstić information content (AvgIpc) is 3.04. The zero-order valence-corrected chi connectivity index (χ0v) is 19.0. The van der Waals surface area contributed by atoms with Gasteiger partial charge in [0.05, 0.1) is 12.0 Å². The Labute approximate surface area is 184 Å². The summed E-state index contributed by atoms with van der Waals surface area (Å²) in [6, 6.07) is 0. The fraction of sp³-hybridized carbons (Fsp3) is 0.808. The largest absolute Gasteiger partial charge is 0.397 e. The molecule has 0 unspecified atom stereocenters. The van der Waals surface area contributed by atoms with Crippen LogP contribution in [0.2, 0.25) is 0 Å². The summed E-state index contributed by atoms with van der Waals surface area (Å²) in [4.78, 5) is 12.0. The molecule has 3 fully saturated rings. The minimum atomic E-state index is -4.47. The molecule has 0 aromatic heterocycles. The molecule has 0 saturated heterocycles. The van der Waals surface area contributed by atoms with Gasteiger partial charge in [-0.3, -0.25) is 4.79 Å². The zero-order chi connectivity index (χ0) is 22.8. The van der Waals surface area contributed by atoms with Gasteiger partial charge in [0, 0.05) is 6.42 Å². The van der Waals surface area contributed by atoms with Gasteiger partial charge in [-0.05, 0) is 91.4 Å². The van der Waals surface area contributed by atoms with E-state index in [4.69, 9.17) is 0 Å². The number of carbonyl (C=O) groups is 1. The highest BCUT2D eigenvalue weighted by molar-refractivity contribution is 5.91. The van der Waals surface area contributed by atoms with Crippen LogP contribution in [-0.2, 0) is 4.79 Å². The monoisotopic (exact) mass is 438 g/mol. The molecule has 1 N–H and O–H groups in total. The molecule has 4 rings (SSSR count). The Hall–Kier alpha value is -1.10. The van der Waals surface area contributed by atoms with Gasteiger partial charge in [0.15, 0.2) is 5.78 Å². The number of aliphatic hydroxyl groups excluding tert-OH is 1. The van der Waals surface area contributed by atoms with Crippen molar-refractivity contribution in [2.45, 2.75) is 84.4 Å². The standard InChI is InChI=1S/C26H37F3O2/c1-5-19(26(27,28)29)23(31)15(2)20-8-9-21-18-7-6-16-14-17(30)10-12-24(16,3)22(18)11-13-25(20,21)4/h5,14-15,18-23,31H,1,6-13H2,2-4H3/t15-,18-,19-,20+,21-,22-,23+,24-,25+/m0/s1. The van der Waals surface area contributed by atoms with Gasteiger partial charge in [-0.1, -0.05) is 32.4 Å². The van der Waals surface area contributed by atoms with E-state index in [1.807, 2.05) is 13.0 Å². The van der Waals surface area contributed by atoms with Gasteiger partial charge in [-0.2, -0.15) is 13.2 Å². The Balaban J connectivity index is 1.57. The second kappa shape index (κ2) is 7.74. The molecule has 0 amide bonds. The van der Waals surface area contributed by atoms with Crippen LogP contribution in [-0.4, -0.2) is 23.2 Å². The number of hydrogen-bond donors (Lipinski definition) is 1.